The van der Waals surface area contributed by atoms with E-state index in [1.165, 1.54) is 18.2 Å². The van der Waals surface area contributed by atoms with E-state index in [4.69, 9.17) is 5.73 Å². The molecule has 0 aromatic carbocycles. The Hall–Kier alpha value is -1.50. The van der Waals surface area contributed by atoms with Crippen molar-refractivity contribution in [3.63, 3.8) is 0 Å². The number of amides is 2. The summed E-state index contributed by atoms with van der Waals surface area (Å²) in [6.07, 6.45) is 4.28. The number of rotatable bonds is 7. The molecule has 0 aliphatic rings. The van der Waals surface area contributed by atoms with Gasteiger partial charge in [-0.2, -0.15) is 0 Å². The lowest BCUT2D eigenvalue weighted by Gasteiger charge is -2.18. The van der Waals surface area contributed by atoms with Crippen molar-refractivity contribution < 1.29 is 9.59 Å². The van der Waals surface area contributed by atoms with Crippen LogP contribution in [0.3, 0.4) is 0 Å². The zero-order valence-electron chi connectivity index (χ0n) is 20.0. The number of primary amides is 1. The highest BCUT2D eigenvalue weighted by atomic mass is 32.2. The van der Waals surface area contributed by atoms with E-state index in [9.17, 15) is 9.59 Å². The number of carbonyl (C=O) groups is 2. The average Bonchev–Trinajstić information content (AvgIpc) is 2.65. The first kappa shape index (κ1) is 34.0. The van der Waals surface area contributed by atoms with Gasteiger partial charge >= 0.3 is 0 Å². The quantitative estimate of drug-likeness (QED) is 0.366. The van der Waals surface area contributed by atoms with Crippen molar-refractivity contribution in [1.82, 2.24) is 10.2 Å². The van der Waals surface area contributed by atoms with E-state index in [1.807, 2.05) is 53.6 Å². The Bertz CT molecular complexity index is 413. The molecule has 3 N–H and O–H groups in total. The van der Waals surface area contributed by atoms with Gasteiger partial charge in [-0.15, -0.1) is 6.58 Å². The molecule has 2 amide bonds. The molecule has 0 rings (SSSR count). The fourth-order valence-electron chi connectivity index (χ4n) is 1.63. The minimum Gasteiger partial charge on any atom is -0.369 e. The molecule has 6 nitrogen and oxygen atoms in total. The Morgan fingerprint density at radius 3 is 1.96 bits per heavy atom. The van der Waals surface area contributed by atoms with Gasteiger partial charge in [0.15, 0.2) is 5.17 Å². The number of hydrogen-bond donors (Lipinski definition) is 2. The van der Waals surface area contributed by atoms with Crippen LogP contribution in [-0.4, -0.2) is 54.8 Å². The van der Waals surface area contributed by atoms with E-state index in [2.05, 4.69) is 30.7 Å². The van der Waals surface area contributed by atoms with Gasteiger partial charge in [0.05, 0.1) is 5.25 Å². The van der Waals surface area contributed by atoms with Crippen LogP contribution in [-0.2, 0) is 9.59 Å². The van der Waals surface area contributed by atoms with Crippen LogP contribution in [0.2, 0.25) is 0 Å². The summed E-state index contributed by atoms with van der Waals surface area (Å²) < 4.78 is 0. The summed E-state index contributed by atoms with van der Waals surface area (Å²) in [6, 6.07) is 0. The molecule has 0 bridgehead atoms. The number of amidine groups is 1. The number of nitrogens with one attached hydrogen (secondary N) is 1. The molecule has 0 saturated carbocycles. The van der Waals surface area contributed by atoms with Crippen LogP contribution in [0.1, 0.15) is 67.7 Å². The summed E-state index contributed by atoms with van der Waals surface area (Å²) in [7, 11) is 5.48. The van der Waals surface area contributed by atoms with Gasteiger partial charge in [0.2, 0.25) is 11.8 Å². The monoisotopic (exact) mass is 418 g/mol. The summed E-state index contributed by atoms with van der Waals surface area (Å²) in [5.74, 6) is -0.540. The Balaban J connectivity index is -0.000000309. The third-order valence-corrected chi connectivity index (χ3v) is 4.24. The highest BCUT2D eigenvalue weighted by Gasteiger charge is 2.18. The standard InChI is InChI=1S/C13H26N4O2S.C3H8.C3H6.C2H6/c1-6-10(11(14)18)7-8-16-12(19)9(2)20-13(15-3)17(4)5;2*1-3-2;1-2/h9-10H,6-8H2,1-5H3,(H2,14,18)(H,16,19);3H2,1-2H3;3H,1H2,2H3;1-2H3. The van der Waals surface area contributed by atoms with Crippen LogP contribution >= 0.6 is 11.8 Å². The van der Waals surface area contributed by atoms with Crippen molar-refractivity contribution in [2.45, 2.75) is 73.0 Å². The lowest BCUT2D eigenvalue weighted by molar-refractivity contribution is -0.123. The van der Waals surface area contributed by atoms with Gasteiger partial charge in [0.1, 0.15) is 0 Å². The predicted octanol–water partition coefficient (Wildman–Crippen LogP) is 4.31. The minimum absolute atomic E-state index is 0.0580. The number of nitrogens with zero attached hydrogens (tertiary/aromatic N) is 2. The summed E-state index contributed by atoms with van der Waals surface area (Å²) >= 11 is 1.40. The molecule has 0 aliphatic carbocycles. The predicted molar refractivity (Wildman–Crippen MR) is 128 cm³/mol. The van der Waals surface area contributed by atoms with E-state index in [1.54, 1.807) is 13.1 Å². The van der Waals surface area contributed by atoms with Crippen LogP contribution in [0, 0.1) is 5.92 Å². The largest absolute Gasteiger partial charge is 0.369 e. The summed E-state index contributed by atoms with van der Waals surface area (Å²) in [5.41, 5.74) is 5.26. The molecule has 2 atom stereocenters. The molecule has 28 heavy (non-hydrogen) atoms. The van der Waals surface area contributed by atoms with Crippen LogP contribution in [0.4, 0.5) is 0 Å². The van der Waals surface area contributed by atoms with Crippen LogP contribution in [0.15, 0.2) is 17.6 Å². The molecule has 0 saturated heterocycles. The first-order valence-corrected chi connectivity index (χ1v) is 11.0. The zero-order chi connectivity index (χ0) is 23.1. The Labute approximate surface area is 178 Å². The molecule has 2 unspecified atom stereocenters. The van der Waals surface area contributed by atoms with Crippen LogP contribution in [0.25, 0.3) is 0 Å². The lowest BCUT2D eigenvalue weighted by atomic mass is 10.0. The summed E-state index contributed by atoms with van der Waals surface area (Å²) in [4.78, 5) is 29.0. The minimum atomic E-state index is -0.308. The molecule has 7 heteroatoms. The van der Waals surface area contributed by atoms with Gasteiger partial charge in [0, 0.05) is 33.6 Å². The van der Waals surface area contributed by atoms with Crippen molar-refractivity contribution in [1.29, 1.82) is 0 Å². The molecule has 0 aromatic rings. The molecular weight excluding hydrogens is 372 g/mol. The number of thioether (sulfide) groups is 1. The molecule has 0 aromatic heterocycles. The second-order valence-electron chi connectivity index (χ2n) is 5.86. The van der Waals surface area contributed by atoms with E-state index in [0.29, 0.717) is 19.4 Å². The second kappa shape index (κ2) is 25.5. The van der Waals surface area contributed by atoms with E-state index in [-0.39, 0.29) is 23.0 Å². The number of hydrogen-bond acceptors (Lipinski definition) is 4. The maximum absolute atomic E-state index is 11.9. The normalized spacial score (nSPS) is 11.7. The Morgan fingerprint density at radius 2 is 1.68 bits per heavy atom. The van der Waals surface area contributed by atoms with Gasteiger partial charge in [-0.1, -0.05) is 58.9 Å². The summed E-state index contributed by atoms with van der Waals surface area (Å²) in [5, 5.41) is 3.40. The van der Waals surface area contributed by atoms with Crippen molar-refractivity contribution in [2.75, 3.05) is 27.7 Å². The number of allylic oxidation sites excluding steroid dienone is 1. The average molecular weight is 419 g/mol. The highest BCUT2D eigenvalue weighted by Crippen LogP contribution is 2.14. The van der Waals surface area contributed by atoms with Gasteiger partial charge in [0.25, 0.3) is 0 Å². The maximum Gasteiger partial charge on any atom is 0.233 e. The third kappa shape index (κ3) is 22.5. The van der Waals surface area contributed by atoms with Crippen molar-refractivity contribution in [3.05, 3.63) is 12.7 Å². The van der Waals surface area contributed by atoms with Crippen molar-refractivity contribution in [3.8, 4) is 0 Å². The first-order valence-electron chi connectivity index (χ1n) is 10.1. The maximum atomic E-state index is 11.9. The third-order valence-electron chi connectivity index (χ3n) is 2.91. The second-order valence-corrected chi connectivity index (χ2v) is 7.17. The Kier molecular flexibility index (Phi) is 31.0. The highest BCUT2D eigenvalue weighted by molar-refractivity contribution is 8.14. The summed E-state index contributed by atoms with van der Waals surface area (Å²) in [6.45, 7) is 17.7. The zero-order valence-corrected chi connectivity index (χ0v) is 20.8. The molecule has 168 valence electrons. The molecule has 0 radical (unpaired) electrons. The SMILES string of the molecule is C=CC.CC.CCC.CCC(CCNC(=O)C(C)SC(=NC)N(C)C)C(N)=O. The van der Waals surface area contributed by atoms with Crippen LogP contribution in [0.5, 0.6) is 0 Å². The lowest BCUT2D eigenvalue weighted by Crippen LogP contribution is -2.35. The van der Waals surface area contributed by atoms with Gasteiger partial charge in [-0.05, 0) is 26.7 Å². The molecular formula is C21H46N4O2S. The van der Waals surface area contributed by atoms with Gasteiger partial charge in [-0.3, -0.25) is 14.6 Å². The molecule has 0 fully saturated rings. The molecule has 0 aliphatic heterocycles. The van der Waals surface area contributed by atoms with Gasteiger partial charge < -0.3 is 16.0 Å². The topological polar surface area (TPSA) is 87.8 Å². The van der Waals surface area contributed by atoms with Gasteiger partial charge in [-0.25, -0.2) is 0 Å². The first-order chi connectivity index (χ1) is 13.2. The fraction of sp³-hybridized carbons (Fsp3) is 0.762. The van der Waals surface area contributed by atoms with Crippen molar-refractivity contribution in [2.24, 2.45) is 16.6 Å². The number of aliphatic imine (C=N–C) groups is 1. The fourth-order valence-corrected chi connectivity index (χ4v) is 2.45. The van der Waals surface area contributed by atoms with E-state index < -0.39 is 0 Å². The number of nitrogens with two attached hydrogens (primary N) is 1. The van der Waals surface area contributed by atoms with E-state index in [0.717, 1.165) is 5.17 Å². The van der Waals surface area contributed by atoms with Crippen molar-refractivity contribution >= 4 is 28.7 Å². The molecule has 0 spiro atoms. The van der Waals surface area contributed by atoms with Crippen LogP contribution < -0.4 is 11.1 Å². The Morgan fingerprint density at radius 1 is 1.25 bits per heavy atom. The number of carbonyl (C=O) groups excluding carboxylic acids is 2. The van der Waals surface area contributed by atoms with E-state index >= 15 is 0 Å². The smallest absolute Gasteiger partial charge is 0.233 e. The molecule has 0 heterocycles.